The second kappa shape index (κ2) is 3.64. The molecule has 0 aromatic carbocycles. The number of imidazole rings is 1. The Morgan fingerprint density at radius 3 is 3.15 bits per heavy atom. The van der Waals surface area contributed by atoms with Gasteiger partial charge in [0, 0.05) is 31.0 Å². The smallest absolute Gasteiger partial charge is 0.177 e. The molecule has 72 valence electrons. The molecule has 2 atom stereocenters. The Morgan fingerprint density at radius 1 is 1.77 bits per heavy atom. The van der Waals surface area contributed by atoms with Crippen molar-refractivity contribution in [2.45, 2.75) is 19.4 Å². The van der Waals surface area contributed by atoms with Gasteiger partial charge in [-0.1, -0.05) is 0 Å². The summed E-state index contributed by atoms with van der Waals surface area (Å²) in [4.78, 5) is 3.01. The summed E-state index contributed by atoms with van der Waals surface area (Å²) in [5.74, 6) is 0.613. The molecule has 0 spiro atoms. The van der Waals surface area contributed by atoms with Gasteiger partial charge in [0.05, 0.1) is 6.61 Å². The second-order valence-electron chi connectivity index (χ2n) is 3.54. The molecule has 2 rings (SSSR count). The maximum atomic E-state index is 5.36. The summed E-state index contributed by atoms with van der Waals surface area (Å²) in [6.07, 6.45) is 5.04. The lowest BCUT2D eigenvalue weighted by molar-refractivity contribution is 0.175. The summed E-state index contributed by atoms with van der Waals surface area (Å²) in [6.45, 7) is 3.96. The molecule has 1 aliphatic rings. The van der Waals surface area contributed by atoms with Gasteiger partial charge in [-0.05, 0) is 25.6 Å². The Morgan fingerprint density at radius 2 is 2.62 bits per heavy atom. The zero-order valence-electron chi connectivity index (χ0n) is 7.69. The fourth-order valence-electron chi connectivity index (χ4n) is 1.81. The lowest BCUT2D eigenvalue weighted by atomic mass is 10.0. The van der Waals surface area contributed by atoms with Gasteiger partial charge >= 0.3 is 0 Å². The molecule has 0 aliphatic carbocycles. The lowest BCUT2D eigenvalue weighted by Gasteiger charge is -2.18. The SMILES string of the molecule is CC(C1CCOC1)n1cc[nH]c1=S. The van der Waals surface area contributed by atoms with Crippen molar-refractivity contribution in [2.75, 3.05) is 13.2 Å². The summed E-state index contributed by atoms with van der Waals surface area (Å²) in [5.41, 5.74) is 0. The van der Waals surface area contributed by atoms with Crippen LogP contribution in [-0.2, 0) is 4.74 Å². The van der Waals surface area contributed by atoms with Gasteiger partial charge in [-0.25, -0.2) is 0 Å². The average Bonchev–Trinajstić information content (AvgIpc) is 2.72. The topological polar surface area (TPSA) is 29.9 Å². The minimum atomic E-state index is 0.446. The largest absolute Gasteiger partial charge is 0.381 e. The number of hydrogen-bond acceptors (Lipinski definition) is 2. The van der Waals surface area contributed by atoms with Crippen molar-refractivity contribution >= 4 is 12.2 Å². The van der Waals surface area contributed by atoms with Crippen LogP contribution in [0, 0.1) is 10.7 Å². The van der Waals surface area contributed by atoms with E-state index in [4.69, 9.17) is 17.0 Å². The van der Waals surface area contributed by atoms with Gasteiger partial charge < -0.3 is 14.3 Å². The highest BCUT2D eigenvalue weighted by Gasteiger charge is 2.23. The van der Waals surface area contributed by atoms with Crippen molar-refractivity contribution in [3.63, 3.8) is 0 Å². The first-order chi connectivity index (χ1) is 6.29. The molecule has 0 bridgehead atoms. The van der Waals surface area contributed by atoms with Crippen molar-refractivity contribution < 1.29 is 4.74 Å². The second-order valence-corrected chi connectivity index (χ2v) is 3.92. The number of nitrogens with zero attached hydrogens (tertiary/aromatic N) is 1. The maximum Gasteiger partial charge on any atom is 0.177 e. The Bertz CT molecular complexity index is 324. The molecule has 3 nitrogen and oxygen atoms in total. The Hall–Kier alpha value is -0.610. The monoisotopic (exact) mass is 198 g/mol. The Kier molecular flexibility index (Phi) is 2.51. The quantitative estimate of drug-likeness (QED) is 0.738. The van der Waals surface area contributed by atoms with E-state index < -0.39 is 0 Å². The molecule has 0 amide bonds. The maximum absolute atomic E-state index is 5.36. The van der Waals surface area contributed by atoms with E-state index in [0.29, 0.717) is 12.0 Å². The summed E-state index contributed by atoms with van der Waals surface area (Å²) in [7, 11) is 0. The lowest BCUT2D eigenvalue weighted by Crippen LogP contribution is -2.16. The van der Waals surface area contributed by atoms with E-state index in [2.05, 4.69) is 16.5 Å². The van der Waals surface area contributed by atoms with Crippen LogP contribution in [0.5, 0.6) is 0 Å². The minimum Gasteiger partial charge on any atom is -0.381 e. The van der Waals surface area contributed by atoms with Gasteiger partial charge in [0.1, 0.15) is 0 Å². The van der Waals surface area contributed by atoms with E-state index in [9.17, 15) is 0 Å². The predicted octanol–water partition coefficient (Wildman–Crippen LogP) is 2.14. The zero-order chi connectivity index (χ0) is 9.26. The molecule has 1 N–H and O–H groups in total. The van der Waals surface area contributed by atoms with Crippen molar-refractivity contribution in [1.82, 2.24) is 9.55 Å². The number of nitrogens with one attached hydrogen (secondary N) is 1. The normalized spacial score (nSPS) is 24.8. The minimum absolute atomic E-state index is 0.446. The van der Waals surface area contributed by atoms with E-state index in [1.807, 2.05) is 12.4 Å². The van der Waals surface area contributed by atoms with Crippen LogP contribution in [0.4, 0.5) is 0 Å². The van der Waals surface area contributed by atoms with Gasteiger partial charge in [-0.3, -0.25) is 0 Å². The number of aromatic nitrogens is 2. The van der Waals surface area contributed by atoms with Gasteiger partial charge in [-0.15, -0.1) is 0 Å². The molecule has 0 saturated carbocycles. The molecule has 1 fully saturated rings. The number of aromatic amines is 1. The van der Waals surface area contributed by atoms with Gasteiger partial charge in [0.25, 0.3) is 0 Å². The van der Waals surface area contributed by atoms with Crippen LogP contribution in [0.2, 0.25) is 0 Å². The highest BCUT2D eigenvalue weighted by Crippen LogP contribution is 2.25. The number of H-pyrrole nitrogens is 1. The molecule has 0 radical (unpaired) electrons. The van der Waals surface area contributed by atoms with Crippen LogP contribution in [-0.4, -0.2) is 22.8 Å². The molecule has 1 aromatic heterocycles. The van der Waals surface area contributed by atoms with Crippen LogP contribution in [0.15, 0.2) is 12.4 Å². The molecule has 1 saturated heterocycles. The van der Waals surface area contributed by atoms with Crippen LogP contribution in [0.1, 0.15) is 19.4 Å². The van der Waals surface area contributed by atoms with Gasteiger partial charge in [-0.2, -0.15) is 0 Å². The first kappa shape index (κ1) is 8.97. The first-order valence-corrected chi connectivity index (χ1v) is 5.03. The highest BCUT2D eigenvalue weighted by molar-refractivity contribution is 7.71. The molecule has 2 heterocycles. The van der Waals surface area contributed by atoms with E-state index in [1.165, 1.54) is 0 Å². The highest BCUT2D eigenvalue weighted by atomic mass is 32.1. The molecule has 13 heavy (non-hydrogen) atoms. The predicted molar refractivity (Wildman–Crippen MR) is 53.3 cm³/mol. The van der Waals surface area contributed by atoms with E-state index in [-0.39, 0.29) is 0 Å². The molecule has 1 aromatic rings. The summed E-state index contributed by atoms with van der Waals surface area (Å²) >= 11 is 5.16. The number of rotatable bonds is 2. The van der Waals surface area contributed by atoms with E-state index >= 15 is 0 Å². The number of hydrogen-bond donors (Lipinski definition) is 1. The summed E-state index contributed by atoms with van der Waals surface area (Å²) in [6, 6.07) is 0.446. The third kappa shape index (κ3) is 1.69. The molecular formula is C9H14N2OS. The van der Waals surface area contributed by atoms with Gasteiger partial charge in [0.2, 0.25) is 0 Å². The van der Waals surface area contributed by atoms with E-state index in [0.717, 1.165) is 24.4 Å². The average molecular weight is 198 g/mol. The number of ether oxygens (including phenoxy) is 1. The molecular weight excluding hydrogens is 184 g/mol. The van der Waals surface area contributed by atoms with Crippen molar-refractivity contribution in [3.8, 4) is 0 Å². The fraction of sp³-hybridized carbons (Fsp3) is 0.667. The Balaban J connectivity index is 2.16. The van der Waals surface area contributed by atoms with Crippen LogP contribution in [0.25, 0.3) is 0 Å². The van der Waals surface area contributed by atoms with Crippen LogP contribution >= 0.6 is 12.2 Å². The molecule has 1 aliphatic heterocycles. The summed E-state index contributed by atoms with van der Waals surface area (Å²) < 4.78 is 8.27. The third-order valence-electron chi connectivity index (χ3n) is 2.76. The molecule has 2 unspecified atom stereocenters. The fourth-order valence-corrected chi connectivity index (χ4v) is 2.11. The van der Waals surface area contributed by atoms with Crippen molar-refractivity contribution in [3.05, 3.63) is 17.2 Å². The van der Waals surface area contributed by atoms with Crippen molar-refractivity contribution in [2.24, 2.45) is 5.92 Å². The molecule has 4 heteroatoms. The van der Waals surface area contributed by atoms with Crippen LogP contribution < -0.4 is 0 Å². The summed E-state index contributed by atoms with van der Waals surface area (Å²) in [5, 5.41) is 0. The van der Waals surface area contributed by atoms with Crippen molar-refractivity contribution in [1.29, 1.82) is 0 Å². The van der Waals surface area contributed by atoms with E-state index in [1.54, 1.807) is 0 Å². The zero-order valence-corrected chi connectivity index (χ0v) is 8.51. The first-order valence-electron chi connectivity index (χ1n) is 4.62. The Labute approximate surface area is 82.7 Å². The third-order valence-corrected chi connectivity index (χ3v) is 3.09. The van der Waals surface area contributed by atoms with Gasteiger partial charge in [0.15, 0.2) is 4.77 Å². The van der Waals surface area contributed by atoms with Crippen LogP contribution in [0.3, 0.4) is 0 Å². The standard InChI is InChI=1S/C9H14N2OS/c1-7(8-2-5-12-6-8)11-4-3-10-9(11)13/h3-4,7-8H,2,5-6H2,1H3,(H,10,13).